The number of hydrogen-bond acceptors (Lipinski definition) is 8. The molecule has 35 heavy (non-hydrogen) atoms. The van der Waals surface area contributed by atoms with Crippen LogP contribution < -0.4 is 10.2 Å². The van der Waals surface area contributed by atoms with E-state index in [0.717, 1.165) is 62.8 Å². The summed E-state index contributed by atoms with van der Waals surface area (Å²) in [5.74, 6) is 0.977. The smallest absolute Gasteiger partial charge is 0.247 e. The van der Waals surface area contributed by atoms with Crippen molar-refractivity contribution in [3.8, 4) is 6.07 Å². The summed E-state index contributed by atoms with van der Waals surface area (Å²) < 4.78 is 6.31. The average molecular weight is 476 g/mol. The van der Waals surface area contributed by atoms with E-state index in [0.29, 0.717) is 19.1 Å². The number of rotatable bonds is 5. The molecule has 4 aliphatic heterocycles. The van der Waals surface area contributed by atoms with Gasteiger partial charge in [-0.05, 0) is 57.5 Å². The van der Waals surface area contributed by atoms with E-state index in [2.05, 4.69) is 71.3 Å². The Morgan fingerprint density at radius 3 is 2.89 bits per heavy atom. The molecule has 4 aliphatic rings. The molecule has 0 radical (unpaired) electrons. The SMILES string of the molecule is Cc1cccc(N2CC=C3C(=NC(OC[C@@H]4CCCN4C)N=C3N3CCN[C@@H](CC#N)C3)C2)c1C. The van der Waals surface area contributed by atoms with E-state index in [1.807, 2.05) is 0 Å². The summed E-state index contributed by atoms with van der Waals surface area (Å²) in [6, 6.07) is 9.40. The van der Waals surface area contributed by atoms with Crippen LogP contribution in [0.1, 0.15) is 30.4 Å². The maximum atomic E-state index is 9.22. The van der Waals surface area contributed by atoms with Gasteiger partial charge < -0.3 is 24.8 Å². The van der Waals surface area contributed by atoms with Crippen molar-refractivity contribution in [2.45, 2.75) is 51.5 Å². The van der Waals surface area contributed by atoms with Gasteiger partial charge in [0.2, 0.25) is 6.35 Å². The number of ether oxygens (including phenoxy) is 1. The van der Waals surface area contributed by atoms with Crippen molar-refractivity contribution in [2.24, 2.45) is 9.98 Å². The van der Waals surface area contributed by atoms with Crippen LogP contribution in [0.3, 0.4) is 0 Å². The van der Waals surface area contributed by atoms with E-state index in [-0.39, 0.29) is 6.04 Å². The van der Waals surface area contributed by atoms with Crippen LogP contribution >= 0.6 is 0 Å². The predicted molar refractivity (Wildman–Crippen MR) is 140 cm³/mol. The Hall–Kier alpha value is -2.73. The largest absolute Gasteiger partial charge is 0.362 e. The quantitative estimate of drug-likeness (QED) is 0.705. The van der Waals surface area contributed by atoms with Crippen molar-refractivity contribution in [2.75, 3.05) is 57.8 Å². The number of likely N-dealkylation sites (tertiary alicyclic amines) is 1. The van der Waals surface area contributed by atoms with Gasteiger partial charge in [0, 0.05) is 49.5 Å². The van der Waals surface area contributed by atoms with Gasteiger partial charge in [-0.25, -0.2) is 9.98 Å². The second kappa shape index (κ2) is 10.5. The number of fused-ring (bicyclic) bond motifs is 1. The van der Waals surface area contributed by atoms with Gasteiger partial charge in [-0.3, -0.25) is 0 Å². The maximum Gasteiger partial charge on any atom is 0.247 e. The molecule has 0 aromatic heterocycles. The van der Waals surface area contributed by atoms with Crippen LogP contribution in [-0.4, -0.2) is 92.7 Å². The van der Waals surface area contributed by atoms with Crippen LogP contribution in [0.5, 0.6) is 0 Å². The minimum Gasteiger partial charge on any atom is -0.362 e. The molecule has 2 fully saturated rings. The van der Waals surface area contributed by atoms with Crippen LogP contribution in [0.15, 0.2) is 39.8 Å². The van der Waals surface area contributed by atoms with Crippen LogP contribution in [0, 0.1) is 25.2 Å². The second-order valence-electron chi connectivity index (χ2n) is 10.1. The van der Waals surface area contributed by atoms with Gasteiger partial charge >= 0.3 is 0 Å². The summed E-state index contributed by atoms with van der Waals surface area (Å²) in [4.78, 5) is 17.1. The fraction of sp³-hybridized carbons (Fsp3) is 0.593. The first kappa shape index (κ1) is 24.0. The molecule has 0 bridgehead atoms. The Labute approximate surface area is 209 Å². The van der Waals surface area contributed by atoms with E-state index in [1.165, 1.54) is 23.2 Å². The van der Waals surface area contributed by atoms with Gasteiger partial charge in [-0.1, -0.05) is 18.2 Å². The van der Waals surface area contributed by atoms with Gasteiger partial charge in [0.1, 0.15) is 5.84 Å². The molecule has 5 rings (SSSR count). The molecule has 1 unspecified atom stereocenters. The first-order valence-corrected chi connectivity index (χ1v) is 12.9. The maximum absolute atomic E-state index is 9.22. The van der Waals surface area contributed by atoms with Crippen molar-refractivity contribution < 1.29 is 4.74 Å². The third-order valence-electron chi connectivity index (χ3n) is 7.83. The molecule has 1 aromatic carbocycles. The zero-order valence-corrected chi connectivity index (χ0v) is 21.2. The van der Waals surface area contributed by atoms with Crippen LogP contribution in [0.25, 0.3) is 0 Å². The van der Waals surface area contributed by atoms with E-state index < -0.39 is 6.35 Å². The molecule has 186 valence electrons. The van der Waals surface area contributed by atoms with Crippen LogP contribution in [0.4, 0.5) is 5.69 Å². The van der Waals surface area contributed by atoms with Gasteiger partial charge in [-0.15, -0.1) is 0 Å². The first-order chi connectivity index (χ1) is 17.0. The summed E-state index contributed by atoms with van der Waals surface area (Å²) in [6.07, 6.45) is 4.63. The number of aliphatic imine (C=N–C) groups is 2. The number of piperazine rings is 1. The van der Waals surface area contributed by atoms with E-state index >= 15 is 0 Å². The zero-order valence-electron chi connectivity index (χ0n) is 21.2. The number of nitriles is 1. The Morgan fingerprint density at radius 1 is 1.20 bits per heavy atom. The van der Waals surface area contributed by atoms with Gasteiger partial charge in [0.05, 0.1) is 31.4 Å². The summed E-state index contributed by atoms with van der Waals surface area (Å²) in [7, 11) is 2.17. The number of nitrogens with one attached hydrogen (secondary N) is 1. The van der Waals surface area contributed by atoms with E-state index in [4.69, 9.17) is 14.7 Å². The van der Waals surface area contributed by atoms with Crippen molar-refractivity contribution in [1.82, 2.24) is 15.1 Å². The summed E-state index contributed by atoms with van der Waals surface area (Å²) in [6.45, 7) is 10.2. The van der Waals surface area contributed by atoms with Gasteiger partial charge in [0.25, 0.3) is 0 Å². The molecule has 0 amide bonds. The lowest BCUT2D eigenvalue weighted by molar-refractivity contribution is 0.0316. The minimum atomic E-state index is -0.519. The zero-order chi connectivity index (χ0) is 24.4. The third kappa shape index (κ3) is 5.13. The molecule has 1 N–H and O–H groups in total. The number of amidine groups is 1. The van der Waals surface area contributed by atoms with Crippen molar-refractivity contribution >= 4 is 17.2 Å². The topological polar surface area (TPSA) is 79.5 Å². The molecule has 8 nitrogen and oxygen atoms in total. The van der Waals surface area contributed by atoms with Crippen LogP contribution in [-0.2, 0) is 4.74 Å². The first-order valence-electron chi connectivity index (χ1n) is 12.9. The average Bonchev–Trinajstić information content (AvgIpc) is 3.28. The number of likely N-dealkylation sites (N-methyl/N-ethyl adjacent to an activating group) is 1. The number of nitrogens with zero attached hydrogens (tertiary/aromatic N) is 6. The molecule has 1 aromatic rings. The lowest BCUT2D eigenvalue weighted by Crippen LogP contribution is -2.55. The highest BCUT2D eigenvalue weighted by Crippen LogP contribution is 2.28. The number of anilines is 1. The number of hydrogen-bond donors (Lipinski definition) is 1. The molecule has 2 saturated heterocycles. The van der Waals surface area contributed by atoms with E-state index in [9.17, 15) is 5.26 Å². The Bertz CT molecular complexity index is 1070. The molecular formula is C27H37N7O. The van der Waals surface area contributed by atoms with Crippen molar-refractivity contribution in [3.05, 3.63) is 41.0 Å². The number of benzene rings is 1. The Morgan fingerprint density at radius 2 is 2.09 bits per heavy atom. The van der Waals surface area contributed by atoms with Gasteiger partial charge in [0.15, 0.2) is 0 Å². The molecule has 0 saturated carbocycles. The number of aryl methyl sites for hydroxylation is 1. The molecule has 4 heterocycles. The highest BCUT2D eigenvalue weighted by molar-refractivity contribution is 6.26. The molecule has 3 atom stereocenters. The Balaban J connectivity index is 1.41. The summed E-state index contributed by atoms with van der Waals surface area (Å²) >= 11 is 0. The minimum absolute atomic E-state index is 0.154. The molecule has 8 heteroatoms. The van der Waals surface area contributed by atoms with Crippen molar-refractivity contribution in [3.63, 3.8) is 0 Å². The van der Waals surface area contributed by atoms with Gasteiger partial charge in [-0.2, -0.15) is 5.26 Å². The fourth-order valence-corrected chi connectivity index (χ4v) is 5.56. The molecule has 0 spiro atoms. The Kier molecular flexibility index (Phi) is 7.19. The summed E-state index contributed by atoms with van der Waals surface area (Å²) in [5, 5.41) is 12.7. The third-order valence-corrected chi connectivity index (χ3v) is 7.83. The highest BCUT2D eigenvalue weighted by atomic mass is 16.5. The lowest BCUT2D eigenvalue weighted by Gasteiger charge is -2.40. The predicted octanol–water partition coefficient (Wildman–Crippen LogP) is 2.48. The van der Waals surface area contributed by atoms with Crippen molar-refractivity contribution in [1.29, 1.82) is 5.26 Å². The fourth-order valence-electron chi connectivity index (χ4n) is 5.56. The molecular weight excluding hydrogens is 438 g/mol. The highest BCUT2D eigenvalue weighted by Gasteiger charge is 2.33. The standard InChI is InChI=1S/C27H37N7O/c1-19-6-4-8-25(20(19)2)33-14-10-23-24(17-33)30-27(35-18-22-7-5-13-32(22)3)31-26(23)34-15-12-29-21(16-34)9-11-28/h4,6,8,10,21-22,27,29H,5,7,9,12-18H2,1-3H3/t21-,22-,27?/m0/s1. The summed E-state index contributed by atoms with van der Waals surface area (Å²) in [5.41, 5.74) is 6.04. The van der Waals surface area contributed by atoms with Crippen LogP contribution in [0.2, 0.25) is 0 Å². The molecule has 0 aliphatic carbocycles. The normalized spacial score (nSPS) is 27.1. The monoisotopic (exact) mass is 475 g/mol. The lowest BCUT2D eigenvalue weighted by atomic mass is 9.99. The van der Waals surface area contributed by atoms with E-state index in [1.54, 1.807) is 0 Å². The second-order valence-corrected chi connectivity index (χ2v) is 10.1.